The van der Waals surface area contributed by atoms with Crippen LogP contribution in [0.1, 0.15) is 36.4 Å². The van der Waals surface area contributed by atoms with Gasteiger partial charge < -0.3 is 5.73 Å². The third kappa shape index (κ3) is 3.59. The van der Waals surface area contributed by atoms with Crippen LogP contribution in [-0.2, 0) is 6.18 Å². The minimum absolute atomic E-state index is 0. The van der Waals surface area contributed by atoms with Gasteiger partial charge in [-0.1, -0.05) is 18.9 Å². The van der Waals surface area contributed by atoms with Crippen molar-refractivity contribution in [2.45, 2.75) is 31.5 Å². The van der Waals surface area contributed by atoms with E-state index in [1.54, 1.807) is 0 Å². The summed E-state index contributed by atoms with van der Waals surface area (Å²) < 4.78 is 50.5. The molecule has 1 saturated carbocycles. The van der Waals surface area contributed by atoms with E-state index in [1.807, 2.05) is 0 Å². The van der Waals surface area contributed by atoms with Gasteiger partial charge in [-0.25, -0.2) is 4.39 Å². The van der Waals surface area contributed by atoms with Gasteiger partial charge in [0.1, 0.15) is 5.82 Å². The van der Waals surface area contributed by atoms with Crippen LogP contribution in [0, 0.1) is 11.7 Å². The standard InChI is InChI=1S/C12H13F4N.ClH/c13-10-4-3-8(6-9(10)12(14,15)16)11(17)5-7-1-2-7;/h3-4,6-7,11H,1-2,5,17H2;1H/t11-;/m1./s1. The maximum absolute atomic E-state index is 13.0. The summed E-state index contributed by atoms with van der Waals surface area (Å²) in [6.07, 6.45) is -1.83. The number of rotatable bonds is 3. The van der Waals surface area contributed by atoms with Gasteiger partial charge in [-0.05, 0) is 30.0 Å². The molecule has 0 aliphatic heterocycles. The molecule has 1 atom stereocenters. The van der Waals surface area contributed by atoms with Crippen LogP contribution in [0.4, 0.5) is 17.6 Å². The first kappa shape index (κ1) is 15.2. The fourth-order valence-corrected chi connectivity index (χ4v) is 1.84. The Morgan fingerprint density at radius 1 is 1.28 bits per heavy atom. The molecule has 0 radical (unpaired) electrons. The highest BCUT2D eigenvalue weighted by Crippen LogP contribution is 2.38. The van der Waals surface area contributed by atoms with Crippen molar-refractivity contribution < 1.29 is 17.6 Å². The van der Waals surface area contributed by atoms with Gasteiger partial charge in [-0.15, -0.1) is 12.4 Å². The largest absolute Gasteiger partial charge is 0.419 e. The van der Waals surface area contributed by atoms with Crippen LogP contribution in [0.15, 0.2) is 18.2 Å². The molecule has 0 unspecified atom stereocenters. The Hall–Kier alpha value is -0.810. The fourth-order valence-electron chi connectivity index (χ4n) is 1.84. The van der Waals surface area contributed by atoms with E-state index in [0.717, 1.165) is 25.0 Å². The number of nitrogens with two attached hydrogens (primary N) is 1. The van der Waals surface area contributed by atoms with Gasteiger partial charge in [0.15, 0.2) is 0 Å². The molecule has 0 aromatic heterocycles. The highest BCUT2D eigenvalue weighted by Gasteiger charge is 2.35. The second kappa shape index (κ2) is 5.45. The molecule has 1 aromatic carbocycles. The Kier molecular flexibility index (Phi) is 4.61. The zero-order valence-corrected chi connectivity index (χ0v) is 10.3. The smallest absolute Gasteiger partial charge is 0.324 e. The lowest BCUT2D eigenvalue weighted by Gasteiger charge is -2.14. The van der Waals surface area contributed by atoms with Crippen LogP contribution in [-0.4, -0.2) is 0 Å². The lowest BCUT2D eigenvalue weighted by Crippen LogP contribution is -2.14. The number of alkyl halides is 3. The molecular weight excluding hydrogens is 270 g/mol. The van der Waals surface area contributed by atoms with Crippen molar-refractivity contribution in [3.8, 4) is 0 Å². The Bertz CT molecular complexity index is 415. The molecule has 0 saturated heterocycles. The molecule has 1 aromatic rings. The van der Waals surface area contributed by atoms with E-state index in [9.17, 15) is 17.6 Å². The van der Waals surface area contributed by atoms with Gasteiger partial charge in [-0.2, -0.15) is 13.2 Å². The number of hydrogen-bond donors (Lipinski definition) is 1. The van der Waals surface area contributed by atoms with Crippen molar-refractivity contribution in [2.24, 2.45) is 11.7 Å². The summed E-state index contributed by atoms with van der Waals surface area (Å²) in [5.41, 5.74) is 4.93. The molecular formula is C12H14ClF4N. The summed E-state index contributed by atoms with van der Waals surface area (Å²) in [4.78, 5) is 0. The highest BCUT2D eigenvalue weighted by molar-refractivity contribution is 5.85. The quantitative estimate of drug-likeness (QED) is 0.832. The van der Waals surface area contributed by atoms with Crippen LogP contribution in [0.25, 0.3) is 0 Å². The van der Waals surface area contributed by atoms with Gasteiger partial charge in [0.05, 0.1) is 5.56 Å². The minimum Gasteiger partial charge on any atom is -0.324 e. The van der Waals surface area contributed by atoms with Crippen molar-refractivity contribution in [1.82, 2.24) is 0 Å². The first-order chi connectivity index (χ1) is 7.88. The molecule has 102 valence electrons. The van der Waals surface area contributed by atoms with E-state index in [-0.39, 0.29) is 12.4 Å². The van der Waals surface area contributed by atoms with Crippen LogP contribution in [0.5, 0.6) is 0 Å². The molecule has 1 nitrogen and oxygen atoms in total. The average Bonchev–Trinajstić information content (AvgIpc) is 3.00. The number of halogens is 5. The van der Waals surface area contributed by atoms with Gasteiger partial charge in [0.25, 0.3) is 0 Å². The monoisotopic (exact) mass is 283 g/mol. The number of hydrogen-bond acceptors (Lipinski definition) is 1. The second-order valence-electron chi connectivity index (χ2n) is 4.52. The van der Waals surface area contributed by atoms with Crippen LogP contribution in [0.2, 0.25) is 0 Å². The second-order valence-corrected chi connectivity index (χ2v) is 4.52. The van der Waals surface area contributed by atoms with E-state index >= 15 is 0 Å². The Morgan fingerprint density at radius 3 is 2.39 bits per heavy atom. The minimum atomic E-state index is -4.67. The van der Waals surface area contributed by atoms with Crippen molar-refractivity contribution in [3.05, 3.63) is 35.1 Å². The molecule has 0 amide bonds. The first-order valence-electron chi connectivity index (χ1n) is 5.50. The Balaban J connectivity index is 0.00000162. The van der Waals surface area contributed by atoms with Gasteiger partial charge in [0, 0.05) is 6.04 Å². The van der Waals surface area contributed by atoms with E-state index in [4.69, 9.17) is 5.73 Å². The molecule has 0 bridgehead atoms. The van der Waals surface area contributed by atoms with Crippen molar-refractivity contribution in [3.63, 3.8) is 0 Å². The molecule has 1 fully saturated rings. The SMILES string of the molecule is Cl.N[C@H](CC1CC1)c1ccc(F)c(C(F)(F)F)c1. The molecule has 1 aliphatic carbocycles. The zero-order chi connectivity index (χ0) is 12.6. The van der Waals surface area contributed by atoms with E-state index in [2.05, 4.69) is 0 Å². The van der Waals surface area contributed by atoms with Crippen LogP contribution in [0.3, 0.4) is 0 Å². The molecule has 18 heavy (non-hydrogen) atoms. The third-order valence-corrected chi connectivity index (χ3v) is 3.01. The Morgan fingerprint density at radius 2 is 1.89 bits per heavy atom. The third-order valence-electron chi connectivity index (χ3n) is 3.01. The summed E-state index contributed by atoms with van der Waals surface area (Å²) in [5.74, 6) is -0.732. The van der Waals surface area contributed by atoms with Gasteiger partial charge in [0.2, 0.25) is 0 Å². The lowest BCUT2D eigenvalue weighted by atomic mass is 9.99. The fraction of sp³-hybridized carbons (Fsp3) is 0.500. The van der Waals surface area contributed by atoms with E-state index in [0.29, 0.717) is 17.9 Å². The topological polar surface area (TPSA) is 26.0 Å². The molecule has 0 spiro atoms. The highest BCUT2D eigenvalue weighted by atomic mass is 35.5. The van der Waals surface area contributed by atoms with Crippen LogP contribution >= 0.6 is 12.4 Å². The van der Waals surface area contributed by atoms with Crippen molar-refractivity contribution in [1.29, 1.82) is 0 Å². The summed E-state index contributed by atoms with van der Waals surface area (Å²) in [6.45, 7) is 0. The normalized spacial score (nSPS) is 17.2. The predicted octanol–water partition coefficient (Wildman–Crippen LogP) is 4.07. The molecule has 0 heterocycles. The maximum atomic E-state index is 13.0. The Labute approximate surface area is 109 Å². The molecule has 2 rings (SSSR count). The lowest BCUT2D eigenvalue weighted by molar-refractivity contribution is -0.140. The van der Waals surface area contributed by atoms with E-state index in [1.165, 1.54) is 6.07 Å². The van der Waals surface area contributed by atoms with E-state index < -0.39 is 23.6 Å². The molecule has 6 heteroatoms. The number of benzene rings is 1. The summed E-state index contributed by atoms with van der Waals surface area (Å²) in [5, 5.41) is 0. The summed E-state index contributed by atoms with van der Waals surface area (Å²) >= 11 is 0. The average molecular weight is 284 g/mol. The molecule has 2 N–H and O–H groups in total. The first-order valence-corrected chi connectivity index (χ1v) is 5.50. The van der Waals surface area contributed by atoms with Crippen molar-refractivity contribution >= 4 is 12.4 Å². The summed E-state index contributed by atoms with van der Waals surface area (Å²) in [6, 6.07) is 2.55. The maximum Gasteiger partial charge on any atom is 0.419 e. The molecule has 1 aliphatic rings. The predicted molar refractivity (Wildman–Crippen MR) is 62.9 cm³/mol. The van der Waals surface area contributed by atoms with Crippen LogP contribution < -0.4 is 5.73 Å². The van der Waals surface area contributed by atoms with Crippen molar-refractivity contribution in [2.75, 3.05) is 0 Å². The summed E-state index contributed by atoms with van der Waals surface area (Å²) in [7, 11) is 0. The van der Waals surface area contributed by atoms with Gasteiger partial charge in [-0.3, -0.25) is 0 Å². The zero-order valence-electron chi connectivity index (χ0n) is 9.51. The van der Waals surface area contributed by atoms with Gasteiger partial charge >= 0.3 is 6.18 Å².